The normalized spacial score (nSPS) is 17.0. The molecule has 0 radical (unpaired) electrons. The topological polar surface area (TPSA) is 20.2 Å². The third-order valence-corrected chi connectivity index (χ3v) is 1.24. The Balaban J connectivity index is 2.49. The predicted molar refractivity (Wildman–Crippen MR) is 29.2 cm³/mol. The van der Waals surface area contributed by atoms with Gasteiger partial charge in [-0.2, -0.15) is 0 Å². The van der Waals surface area contributed by atoms with E-state index < -0.39 is 0 Å². The van der Waals surface area contributed by atoms with Crippen LogP contribution in [-0.2, 0) is 0 Å². The fourth-order valence-electron chi connectivity index (χ4n) is 0.601. The van der Waals surface area contributed by atoms with E-state index in [2.05, 4.69) is 0 Å². The van der Waals surface area contributed by atoms with E-state index in [0.29, 0.717) is 5.76 Å². The minimum absolute atomic E-state index is 0.625. The van der Waals surface area contributed by atoms with Gasteiger partial charge in [-0.05, 0) is 18.4 Å². The Morgan fingerprint density at radius 2 is 2.29 bits per heavy atom. The summed E-state index contributed by atoms with van der Waals surface area (Å²) in [6, 6.07) is 0. The zero-order valence-corrected chi connectivity index (χ0v) is 4.57. The molecule has 0 aromatic carbocycles. The van der Waals surface area contributed by atoms with E-state index in [1.165, 1.54) is 5.57 Å². The number of hydrogen-bond donors (Lipinski definition) is 1. The van der Waals surface area contributed by atoms with E-state index in [4.69, 9.17) is 5.11 Å². The molecule has 0 unspecified atom stereocenters. The molecule has 0 spiro atoms. The molecule has 1 saturated carbocycles. The SMILES string of the molecule is CCC(O)=C1CC1. The van der Waals surface area contributed by atoms with Gasteiger partial charge in [0.2, 0.25) is 0 Å². The number of hydrogen-bond acceptors (Lipinski definition) is 1. The Bertz CT molecular complexity index is 96.7. The first-order valence-corrected chi connectivity index (χ1v) is 2.74. The van der Waals surface area contributed by atoms with E-state index in [1.54, 1.807) is 0 Å². The van der Waals surface area contributed by atoms with Crippen molar-refractivity contribution in [2.24, 2.45) is 0 Å². The van der Waals surface area contributed by atoms with Gasteiger partial charge in [-0.25, -0.2) is 0 Å². The van der Waals surface area contributed by atoms with E-state index >= 15 is 0 Å². The van der Waals surface area contributed by atoms with Gasteiger partial charge in [-0.3, -0.25) is 0 Å². The zero-order chi connectivity index (χ0) is 5.28. The molecule has 1 aliphatic rings. The molecule has 40 valence electrons. The standard InChI is InChI=1S/C6H10O/c1-2-6(7)5-3-4-5/h7H,2-4H2,1H3. The lowest BCUT2D eigenvalue weighted by Gasteiger charge is -1.86. The summed E-state index contributed by atoms with van der Waals surface area (Å²) >= 11 is 0. The van der Waals surface area contributed by atoms with Gasteiger partial charge in [-0.15, -0.1) is 0 Å². The molecule has 0 aromatic heterocycles. The summed E-state index contributed by atoms with van der Waals surface area (Å²) in [7, 11) is 0. The van der Waals surface area contributed by atoms with Crippen LogP contribution in [0.1, 0.15) is 26.2 Å². The van der Waals surface area contributed by atoms with Crippen LogP contribution in [0.25, 0.3) is 0 Å². The van der Waals surface area contributed by atoms with Crippen molar-refractivity contribution in [1.29, 1.82) is 0 Å². The Kier molecular flexibility index (Phi) is 1.05. The zero-order valence-electron chi connectivity index (χ0n) is 4.57. The summed E-state index contributed by atoms with van der Waals surface area (Å²) in [5.41, 5.74) is 1.27. The molecule has 0 bridgehead atoms. The van der Waals surface area contributed by atoms with Crippen molar-refractivity contribution >= 4 is 0 Å². The first-order valence-electron chi connectivity index (χ1n) is 2.74. The molecule has 7 heavy (non-hydrogen) atoms. The quantitative estimate of drug-likeness (QED) is 0.497. The van der Waals surface area contributed by atoms with Gasteiger partial charge in [0.15, 0.2) is 0 Å². The number of aliphatic hydroxyl groups excluding tert-OH is 1. The molecule has 0 saturated heterocycles. The number of aliphatic hydroxyl groups is 1. The summed E-state index contributed by atoms with van der Waals surface area (Å²) < 4.78 is 0. The summed E-state index contributed by atoms with van der Waals surface area (Å²) in [6.07, 6.45) is 3.09. The van der Waals surface area contributed by atoms with Gasteiger partial charge in [0.25, 0.3) is 0 Å². The maximum atomic E-state index is 8.88. The molecule has 1 heteroatoms. The largest absolute Gasteiger partial charge is 0.512 e. The molecular weight excluding hydrogens is 88.1 g/mol. The van der Waals surface area contributed by atoms with Crippen molar-refractivity contribution in [3.63, 3.8) is 0 Å². The fourth-order valence-corrected chi connectivity index (χ4v) is 0.601. The molecule has 0 amide bonds. The summed E-state index contributed by atoms with van der Waals surface area (Å²) in [5, 5.41) is 8.88. The molecule has 1 fully saturated rings. The Morgan fingerprint density at radius 1 is 1.71 bits per heavy atom. The molecule has 1 rings (SSSR count). The van der Waals surface area contributed by atoms with Crippen molar-refractivity contribution in [3.05, 3.63) is 11.3 Å². The molecule has 0 aliphatic heterocycles. The van der Waals surface area contributed by atoms with Crippen molar-refractivity contribution in [3.8, 4) is 0 Å². The third-order valence-electron chi connectivity index (χ3n) is 1.24. The van der Waals surface area contributed by atoms with Crippen LogP contribution in [0.3, 0.4) is 0 Å². The van der Waals surface area contributed by atoms with Crippen LogP contribution in [0, 0.1) is 0 Å². The monoisotopic (exact) mass is 98.1 g/mol. The first-order chi connectivity index (χ1) is 3.34. The number of rotatable bonds is 1. The average molecular weight is 98.1 g/mol. The molecular formula is C6H10O. The smallest absolute Gasteiger partial charge is 0.0912 e. The Labute approximate surface area is 43.7 Å². The predicted octanol–water partition coefficient (Wildman–Crippen LogP) is 2.00. The molecule has 1 N–H and O–H groups in total. The second-order valence-electron chi connectivity index (χ2n) is 1.90. The number of allylic oxidation sites excluding steroid dienone is 2. The highest BCUT2D eigenvalue weighted by Crippen LogP contribution is 2.31. The van der Waals surface area contributed by atoms with Crippen molar-refractivity contribution in [1.82, 2.24) is 0 Å². The highest BCUT2D eigenvalue weighted by atomic mass is 16.3. The molecule has 0 heterocycles. The van der Waals surface area contributed by atoms with Gasteiger partial charge in [-0.1, -0.05) is 6.92 Å². The van der Waals surface area contributed by atoms with Crippen molar-refractivity contribution in [2.75, 3.05) is 0 Å². The van der Waals surface area contributed by atoms with Crippen LogP contribution in [0.5, 0.6) is 0 Å². The van der Waals surface area contributed by atoms with Crippen LogP contribution in [0.2, 0.25) is 0 Å². The van der Waals surface area contributed by atoms with E-state index in [1.807, 2.05) is 6.92 Å². The Morgan fingerprint density at radius 3 is 2.43 bits per heavy atom. The summed E-state index contributed by atoms with van der Waals surface area (Å²) in [5.74, 6) is 0.625. The van der Waals surface area contributed by atoms with Crippen LogP contribution in [0.15, 0.2) is 11.3 Å². The van der Waals surface area contributed by atoms with E-state index in [9.17, 15) is 0 Å². The van der Waals surface area contributed by atoms with Crippen LogP contribution >= 0.6 is 0 Å². The third kappa shape index (κ3) is 0.952. The lowest BCUT2D eigenvalue weighted by atomic mass is 10.3. The van der Waals surface area contributed by atoms with E-state index in [0.717, 1.165) is 19.3 Å². The summed E-state index contributed by atoms with van der Waals surface area (Å²) in [6.45, 7) is 1.97. The second-order valence-corrected chi connectivity index (χ2v) is 1.90. The second kappa shape index (κ2) is 1.57. The summed E-state index contributed by atoms with van der Waals surface area (Å²) in [4.78, 5) is 0. The molecule has 0 aromatic rings. The highest BCUT2D eigenvalue weighted by Gasteiger charge is 2.15. The lowest BCUT2D eigenvalue weighted by molar-refractivity contribution is 0.391. The Hall–Kier alpha value is -0.460. The van der Waals surface area contributed by atoms with Crippen LogP contribution in [0.4, 0.5) is 0 Å². The van der Waals surface area contributed by atoms with Crippen LogP contribution < -0.4 is 0 Å². The molecule has 1 aliphatic carbocycles. The minimum Gasteiger partial charge on any atom is -0.512 e. The van der Waals surface area contributed by atoms with Crippen LogP contribution in [-0.4, -0.2) is 5.11 Å². The highest BCUT2D eigenvalue weighted by molar-refractivity contribution is 5.19. The van der Waals surface area contributed by atoms with Gasteiger partial charge in [0.1, 0.15) is 0 Å². The van der Waals surface area contributed by atoms with E-state index in [-0.39, 0.29) is 0 Å². The maximum absolute atomic E-state index is 8.88. The fraction of sp³-hybridized carbons (Fsp3) is 0.667. The maximum Gasteiger partial charge on any atom is 0.0912 e. The van der Waals surface area contributed by atoms with Crippen molar-refractivity contribution < 1.29 is 5.11 Å². The van der Waals surface area contributed by atoms with Crippen molar-refractivity contribution in [2.45, 2.75) is 26.2 Å². The molecule has 0 atom stereocenters. The van der Waals surface area contributed by atoms with Gasteiger partial charge in [0, 0.05) is 6.42 Å². The lowest BCUT2D eigenvalue weighted by Crippen LogP contribution is -1.72. The minimum atomic E-state index is 0.625. The van der Waals surface area contributed by atoms with Gasteiger partial charge in [0.05, 0.1) is 5.76 Å². The first kappa shape index (κ1) is 4.69. The van der Waals surface area contributed by atoms with Gasteiger partial charge < -0.3 is 5.11 Å². The molecule has 1 nitrogen and oxygen atoms in total. The average Bonchev–Trinajstić information content (AvgIpc) is 2.44. The van der Waals surface area contributed by atoms with Gasteiger partial charge >= 0.3 is 0 Å².